The van der Waals surface area contributed by atoms with E-state index in [1.807, 2.05) is 0 Å². The number of nitrogens with one attached hydrogen (secondary N) is 1. The number of aryl methyl sites for hydroxylation is 2. The summed E-state index contributed by atoms with van der Waals surface area (Å²) in [6.45, 7) is -1.17. The van der Waals surface area contributed by atoms with Crippen molar-refractivity contribution in [3.05, 3.63) is 41.7 Å². The number of ether oxygens (including phenoxy) is 1. The lowest BCUT2D eigenvalue weighted by Crippen LogP contribution is -2.13. The molecule has 1 amide bonds. The second-order valence-corrected chi connectivity index (χ2v) is 4.23. The van der Waals surface area contributed by atoms with Crippen molar-refractivity contribution in [2.75, 3.05) is 5.32 Å². The highest BCUT2D eigenvalue weighted by atomic mass is 19.3. The van der Waals surface area contributed by atoms with Crippen LogP contribution in [0.25, 0.3) is 0 Å². The first-order chi connectivity index (χ1) is 9.45. The summed E-state index contributed by atoms with van der Waals surface area (Å²) in [5, 5.41) is 6.41. The minimum atomic E-state index is -2.95. The normalized spacial score (nSPS) is 10.7. The summed E-state index contributed by atoms with van der Waals surface area (Å²) >= 11 is 0. The third-order valence-electron chi connectivity index (χ3n) is 2.57. The molecule has 0 unspecified atom stereocenters. The average molecular weight is 281 g/mol. The maximum atomic E-state index is 12.3. The summed E-state index contributed by atoms with van der Waals surface area (Å²) in [7, 11) is 1.68. The van der Waals surface area contributed by atoms with E-state index in [2.05, 4.69) is 15.2 Å². The van der Waals surface area contributed by atoms with Crippen LogP contribution in [0.2, 0.25) is 0 Å². The summed E-state index contributed by atoms with van der Waals surface area (Å²) in [4.78, 5) is 12.0. The van der Waals surface area contributed by atoms with Gasteiger partial charge in [-0.1, -0.05) is 6.07 Å². The molecule has 0 saturated heterocycles. The van der Waals surface area contributed by atoms with Crippen LogP contribution in [0, 0.1) is 6.92 Å². The van der Waals surface area contributed by atoms with Crippen molar-refractivity contribution < 1.29 is 18.3 Å². The monoisotopic (exact) mass is 281 g/mol. The minimum Gasteiger partial charge on any atom is -0.433 e. The number of carbonyl (C=O) groups excluding carboxylic acids is 1. The fourth-order valence-corrected chi connectivity index (χ4v) is 1.67. The lowest BCUT2D eigenvalue weighted by molar-refractivity contribution is -0.0493. The second-order valence-electron chi connectivity index (χ2n) is 4.23. The van der Waals surface area contributed by atoms with Crippen molar-refractivity contribution >= 4 is 11.6 Å². The second kappa shape index (κ2) is 5.68. The van der Waals surface area contributed by atoms with E-state index in [4.69, 9.17) is 0 Å². The maximum absolute atomic E-state index is 12.3. The summed E-state index contributed by atoms with van der Waals surface area (Å²) in [6.07, 6.45) is 2.91. The van der Waals surface area contributed by atoms with Crippen LogP contribution in [0.15, 0.2) is 30.6 Å². The average Bonchev–Trinajstić information content (AvgIpc) is 2.79. The predicted octanol–water partition coefficient (Wildman–Crippen LogP) is 2.58. The van der Waals surface area contributed by atoms with Crippen LogP contribution in [0.1, 0.15) is 15.9 Å². The van der Waals surface area contributed by atoms with Gasteiger partial charge in [0.25, 0.3) is 5.91 Å². The van der Waals surface area contributed by atoms with Crippen molar-refractivity contribution in [1.82, 2.24) is 9.78 Å². The summed E-state index contributed by atoms with van der Waals surface area (Å²) in [6, 6.07) is 4.57. The Hall–Kier alpha value is -2.44. The van der Waals surface area contributed by atoms with Crippen LogP contribution in [-0.2, 0) is 7.05 Å². The summed E-state index contributed by atoms with van der Waals surface area (Å²) in [5.74, 6) is -0.523. The molecule has 0 aliphatic heterocycles. The van der Waals surface area contributed by atoms with E-state index in [0.717, 1.165) is 5.56 Å². The van der Waals surface area contributed by atoms with E-state index >= 15 is 0 Å². The summed E-state index contributed by atoms with van der Waals surface area (Å²) < 4.78 is 30.5. The molecule has 0 fully saturated rings. The molecule has 2 rings (SSSR count). The molecular weight excluding hydrogens is 268 g/mol. The molecule has 1 aromatic carbocycles. The lowest BCUT2D eigenvalue weighted by Gasteiger charge is -2.12. The highest BCUT2D eigenvalue weighted by molar-refractivity contribution is 6.04. The maximum Gasteiger partial charge on any atom is 0.387 e. The van der Waals surface area contributed by atoms with E-state index in [1.54, 1.807) is 26.1 Å². The number of nitrogens with zero attached hydrogens (tertiary/aromatic N) is 2. The predicted molar refractivity (Wildman–Crippen MR) is 69.0 cm³/mol. The first-order valence-electron chi connectivity index (χ1n) is 5.81. The molecule has 2 aromatic rings. The molecule has 20 heavy (non-hydrogen) atoms. The highest BCUT2D eigenvalue weighted by Crippen LogP contribution is 2.27. The van der Waals surface area contributed by atoms with E-state index in [0.29, 0.717) is 5.56 Å². The Morgan fingerprint density at radius 3 is 2.80 bits per heavy atom. The van der Waals surface area contributed by atoms with Gasteiger partial charge < -0.3 is 10.1 Å². The zero-order chi connectivity index (χ0) is 14.7. The minimum absolute atomic E-state index is 0.0807. The number of hydrogen-bond donors (Lipinski definition) is 1. The van der Waals surface area contributed by atoms with Crippen LogP contribution in [0.3, 0.4) is 0 Å². The smallest absolute Gasteiger partial charge is 0.387 e. The van der Waals surface area contributed by atoms with Crippen molar-refractivity contribution in [3.63, 3.8) is 0 Å². The lowest BCUT2D eigenvalue weighted by atomic mass is 10.2. The molecule has 1 aromatic heterocycles. The number of aromatic nitrogens is 2. The molecule has 5 nitrogen and oxygen atoms in total. The quantitative estimate of drug-likeness (QED) is 0.937. The fourth-order valence-electron chi connectivity index (χ4n) is 1.67. The molecule has 0 aliphatic carbocycles. The van der Waals surface area contributed by atoms with Crippen LogP contribution < -0.4 is 10.1 Å². The summed E-state index contributed by atoms with van der Waals surface area (Å²) in [5.41, 5.74) is 1.34. The number of carbonyl (C=O) groups is 1. The number of halogens is 2. The van der Waals surface area contributed by atoms with Crippen molar-refractivity contribution in [3.8, 4) is 5.75 Å². The number of benzene rings is 1. The molecule has 0 atom stereocenters. The highest BCUT2D eigenvalue weighted by Gasteiger charge is 2.14. The standard InChI is InChI=1S/C13H13F2N3O2/c1-8-3-4-11(20-13(14)15)10(5-8)17-12(19)9-6-16-18(2)7-9/h3-7,13H,1-2H3,(H,17,19). The fraction of sp³-hybridized carbons (Fsp3) is 0.231. The molecule has 0 saturated carbocycles. The van der Waals surface area contributed by atoms with E-state index < -0.39 is 12.5 Å². The van der Waals surface area contributed by atoms with Crippen LogP contribution in [0.4, 0.5) is 14.5 Å². The Kier molecular flexibility index (Phi) is 3.97. The van der Waals surface area contributed by atoms with Gasteiger partial charge in [-0.05, 0) is 24.6 Å². The van der Waals surface area contributed by atoms with Gasteiger partial charge in [0.1, 0.15) is 5.75 Å². The number of rotatable bonds is 4. The molecule has 0 aliphatic rings. The van der Waals surface area contributed by atoms with Gasteiger partial charge in [0, 0.05) is 13.2 Å². The van der Waals surface area contributed by atoms with Gasteiger partial charge >= 0.3 is 6.61 Å². The zero-order valence-electron chi connectivity index (χ0n) is 10.9. The van der Waals surface area contributed by atoms with Crippen molar-refractivity contribution in [1.29, 1.82) is 0 Å². The topological polar surface area (TPSA) is 56.1 Å². The van der Waals surface area contributed by atoms with E-state index in [1.165, 1.54) is 23.1 Å². The van der Waals surface area contributed by atoms with Gasteiger partial charge in [-0.3, -0.25) is 9.48 Å². The van der Waals surface area contributed by atoms with Gasteiger partial charge in [-0.25, -0.2) is 0 Å². The van der Waals surface area contributed by atoms with Gasteiger partial charge in [0.2, 0.25) is 0 Å². The first-order valence-corrected chi connectivity index (χ1v) is 5.81. The van der Waals surface area contributed by atoms with Gasteiger partial charge in [0.15, 0.2) is 0 Å². The molecular formula is C13H13F2N3O2. The molecule has 7 heteroatoms. The van der Waals surface area contributed by atoms with Crippen LogP contribution in [0.5, 0.6) is 5.75 Å². The number of anilines is 1. The Bertz CT molecular complexity index is 626. The first kappa shape index (κ1) is 14.0. The third-order valence-corrected chi connectivity index (χ3v) is 2.57. The van der Waals surface area contributed by atoms with Crippen LogP contribution in [-0.4, -0.2) is 22.3 Å². The van der Waals surface area contributed by atoms with Gasteiger partial charge in [-0.2, -0.15) is 13.9 Å². The zero-order valence-corrected chi connectivity index (χ0v) is 10.9. The molecule has 0 spiro atoms. The molecule has 0 bridgehead atoms. The Balaban J connectivity index is 2.23. The SMILES string of the molecule is Cc1ccc(OC(F)F)c(NC(=O)c2cnn(C)c2)c1. The Labute approximate surface area is 114 Å². The molecule has 1 N–H and O–H groups in total. The Morgan fingerprint density at radius 1 is 1.45 bits per heavy atom. The van der Waals surface area contributed by atoms with E-state index in [-0.39, 0.29) is 11.4 Å². The van der Waals surface area contributed by atoms with Crippen LogP contribution >= 0.6 is 0 Å². The number of alkyl halides is 2. The van der Waals surface area contributed by atoms with Gasteiger partial charge in [-0.15, -0.1) is 0 Å². The van der Waals surface area contributed by atoms with Crippen molar-refractivity contribution in [2.45, 2.75) is 13.5 Å². The molecule has 1 heterocycles. The largest absolute Gasteiger partial charge is 0.433 e. The number of amides is 1. The molecule has 0 radical (unpaired) electrons. The Morgan fingerprint density at radius 2 is 2.20 bits per heavy atom. The van der Waals surface area contributed by atoms with Crippen molar-refractivity contribution in [2.24, 2.45) is 7.05 Å². The molecule has 106 valence electrons. The van der Waals surface area contributed by atoms with Gasteiger partial charge in [0.05, 0.1) is 17.4 Å². The third kappa shape index (κ3) is 3.31. The number of hydrogen-bond acceptors (Lipinski definition) is 3. The van der Waals surface area contributed by atoms with E-state index in [9.17, 15) is 13.6 Å².